The molecule has 0 atom stereocenters. The number of hydrogen-bond acceptors (Lipinski definition) is 3. The Morgan fingerprint density at radius 2 is 2.33 bits per heavy atom. The van der Waals surface area contributed by atoms with E-state index in [0.717, 1.165) is 12.1 Å². The maximum Gasteiger partial charge on any atom is 0.176 e. The fourth-order valence-electron chi connectivity index (χ4n) is 1.04. The third-order valence-corrected chi connectivity index (χ3v) is 2.67. The second kappa shape index (κ2) is 5.56. The maximum atomic E-state index is 12.8. The molecule has 0 aliphatic heterocycles. The smallest absolute Gasteiger partial charge is 0.176 e. The molecule has 0 spiro atoms. The van der Waals surface area contributed by atoms with E-state index in [2.05, 4.69) is 6.58 Å². The van der Waals surface area contributed by atoms with Gasteiger partial charge < -0.3 is 5.11 Å². The summed E-state index contributed by atoms with van der Waals surface area (Å²) in [6.07, 6.45) is 1.68. The van der Waals surface area contributed by atoms with Crippen molar-refractivity contribution < 1.29 is 14.3 Å². The Kier molecular flexibility index (Phi) is 4.37. The number of benzene rings is 1. The Balaban J connectivity index is 2.72. The summed E-state index contributed by atoms with van der Waals surface area (Å²) in [7, 11) is 0. The summed E-state index contributed by atoms with van der Waals surface area (Å²) in [5.41, 5.74) is 0.0339. The lowest BCUT2D eigenvalue weighted by Crippen LogP contribution is -2.03. The summed E-state index contributed by atoms with van der Waals surface area (Å²) in [6.45, 7) is 3.52. The van der Waals surface area contributed by atoms with Crippen LogP contribution >= 0.6 is 11.8 Å². The van der Waals surface area contributed by atoms with Gasteiger partial charge in [0.15, 0.2) is 5.78 Å². The van der Waals surface area contributed by atoms with Crippen molar-refractivity contribution in [3.8, 4) is 5.75 Å². The van der Waals surface area contributed by atoms with Gasteiger partial charge in [-0.2, -0.15) is 0 Å². The minimum Gasteiger partial charge on any atom is -0.507 e. The van der Waals surface area contributed by atoms with E-state index in [-0.39, 0.29) is 22.8 Å². The minimum atomic E-state index is -0.523. The number of hydrogen-bond donors (Lipinski definition) is 1. The van der Waals surface area contributed by atoms with Gasteiger partial charge in [0.2, 0.25) is 0 Å². The molecule has 4 heteroatoms. The Bertz CT molecular complexity index is 377. The van der Waals surface area contributed by atoms with Gasteiger partial charge in [0.25, 0.3) is 0 Å². The molecule has 1 aromatic rings. The van der Waals surface area contributed by atoms with E-state index in [1.54, 1.807) is 6.08 Å². The molecule has 1 N–H and O–H groups in total. The number of halogens is 1. The maximum absolute atomic E-state index is 12.8. The highest BCUT2D eigenvalue weighted by molar-refractivity contribution is 8.00. The molecule has 0 radical (unpaired) electrons. The van der Waals surface area contributed by atoms with Gasteiger partial charge >= 0.3 is 0 Å². The highest BCUT2D eigenvalue weighted by atomic mass is 32.2. The molecule has 2 nitrogen and oxygen atoms in total. The second-order valence-corrected chi connectivity index (χ2v) is 3.92. The average molecular weight is 226 g/mol. The van der Waals surface area contributed by atoms with Gasteiger partial charge in [-0.1, -0.05) is 6.08 Å². The largest absolute Gasteiger partial charge is 0.507 e. The van der Waals surface area contributed by atoms with Crippen molar-refractivity contribution in [2.45, 2.75) is 0 Å². The SMILES string of the molecule is C=CCSCC(=O)c1cc(F)ccc1O. The quantitative estimate of drug-likeness (QED) is 0.476. The zero-order valence-electron chi connectivity index (χ0n) is 8.07. The highest BCUT2D eigenvalue weighted by Gasteiger charge is 2.11. The molecule has 0 amide bonds. The van der Waals surface area contributed by atoms with Crippen molar-refractivity contribution in [3.63, 3.8) is 0 Å². The zero-order chi connectivity index (χ0) is 11.3. The van der Waals surface area contributed by atoms with Crippen LogP contribution in [0.4, 0.5) is 4.39 Å². The molecule has 0 bridgehead atoms. The van der Waals surface area contributed by atoms with Crippen LogP contribution in [0.2, 0.25) is 0 Å². The number of carbonyl (C=O) groups excluding carboxylic acids is 1. The lowest BCUT2D eigenvalue weighted by Gasteiger charge is -2.02. The van der Waals surface area contributed by atoms with Crippen molar-refractivity contribution in [1.29, 1.82) is 0 Å². The molecule has 0 heterocycles. The van der Waals surface area contributed by atoms with Gasteiger partial charge in [0.05, 0.1) is 11.3 Å². The van der Waals surface area contributed by atoms with Crippen LogP contribution in [0.5, 0.6) is 5.75 Å². The van der Waals surface area contributed by atoms with E-state index in [1.165, 1.54) is 17.8 Å². The molecule has 1 rings (SSSR count). The van der Waals surface area contributed by atoms with Crippen molar-refractivity contribution in [3.05, 3.63) is 42.2 Å². The number of phenolic OH excluding ortho intramolecular Hbond substituents is 1. The van der Waals surface area contributed by atoms with Gasteiger partial charge in [-0.15, -0.1) is 18.3 Å². The van der Waals surface area contributed by atoms with Gasteiger partial charge in [0, 0.05) is 5.75 Å². The molecule has 0 aromatic heterocycles. The van der Waals surface area contributed by atoms with Crippen molar-refractivity contribution in [2.75, 3.05) is 11.5 Å². The molecule has 0 saturated heterocycles. The standard InChI is InChI=1S/C11H11FO2S/c1-2-5-15-7-11(14)9-6-8(12)3-4-10(9)13/h2-4,6,13H,1,5,7H2. The van der Waals surface area contributed by atoms with Crippen LogP contribution in [0.1, 0.15) is 10.4 Å². The molecule has 1 aromatic carbocycles. The Labute approximate surface area is 91.8 Å². The van der Waals surface area contributed by atoms with Crippen LogP contribution in [-0.4, -0.2) is 22.4 Å². The third kappa shape index (κ3) is 3.40. The molecule has 80 valence electrons. The topological polar surface area (TPSA) is 37.3 Å². The van der Waals surface area contributed by atoms with Crippen molar-refractivity contribution in [2.24, 2.45) is 0 Å². The lowest BCUT2D eigenvalue weighted by molar-refractivity contribution is 0.101. The molecular weight excluding hydrogens is 215 g/mol. The van der Waals surface area contributed by atoms with E-state index in [1.807, 2.05) is 0 Å². The molecule has 0 aliphatic rings. The van der Waals surface area contributed by atoms with Crippen molar-refractivity contribution >= 4 is 17.5 Å². The van der Waals surface area contributed by atoms with Crippen LogP contribution in [0.15, 0.2) is 30.9 Å². The summed E-state index contributed by atoms with van der Waals surface area (Å²) in [5, 5.41) is 9.34. The fraction of sp³-hybridized carbons (Fsp3) is 0.182. The lowest BCUT2D eigenvalue weighted by atomic mass is 10.1. The first-order valence-electron chi connectivity index (χ1n) is 4.35. The van der Waals surface area contributed by atoms with E-state index >= 15 is 0 Å². The number of ketones is 1. The Morgan fingerprint density at radius 3 is 3.00 bits per heavy atom. The number of thioether (sulfide) groups is 1. The summed E-state index contributed by atoms with van der Waals surface area (Å²) in [6, 6.07) is 3.34. The average Bonchev–Trinajstić information content (AvgIpc) is 2.22. The third-order valence-electron chi connectivity index (χ3n) is 1.73. The molecule has 0 unspecified atom stereocenters. The van der Waals surface area contributed by atoms with Gasteiger partial charge in [-0.05, 0) is 18.2 Å². The first-order valence-corrected chi connectivity index (χ1v) is 5.51. The van der Waals surface area contributed by atoms with Gasteiger partial charge in [0.1, 0.15) is 11.6 Å². The summed E-state index contributed by atoms with van der Waals surface area (Å²) < 4.78 is 12.8. The normalized spacial score (nSPS) is 9.93. The minimum absolute atomic E-state index is 0.0339. The number of Topliss-reactive ketones (excluding diaryl/α,β-unsaturated/α-hetero) is 1. The number of rotatable bonds is 5. The second-order valence-electron chi connectivity index (χ2n) is 2.89. The van der Waals surface area contributed by atoms with E-state index in [4.69, 9.17) is 0 Å². The Hall–Kier alpha value is -1.29. The van der Waals surface area contributed by atoms with Crippen LogP contribution in [0.3, 0.4) is 0 Å². The van der Waals surface area contributed by atoms with E-state index in [0.29, 0.717) is 5.75 Å². The molecule has 0 fully saturated rings. The monoisotopic (exact) mass is 226 g/mol. The van der Waals surface area contributed by atoms with Crippen LogP contribution in [0, 0.1) is 5.82 Å². The van der Waals surface area contributed by atoms with Crippen LogP contribution in [0.25, 0.3) is 0 Å². The van der Waals surface area contributed by atoms with E-state index in [9.17, 15) is 14.3 Å². The number of phenols is 1. The fourth-order valence-corrected chi connectivity index (χ4v) is 1.67. The number of carbonyl (C=O) groups is 1. The molecule has 0 saturated carbocycles. The van der Waals surface area contributed by atoms with Gasteiger partial charge in [-0.25, -0.2) is 4.39 Å². The number of aromatic hydroxyl groups is 1. The molecule has 0 aliphatic carbocycles. The zero-order valence-corrected chi connectivity index (χ0v) is 8.89. The first kappa shape index (κ1) is 11.8. The molecular formula is C11H11FO2S. The molecule has 15 heavy (non-hydrogen) atoms. The van der Waals surface area contributed by atoms with Crippen molar-refractivity contribution in [1.82, 2.24) is 0 Å². The van der Waals surface area contributed by atoms with E-state index < -0.39 is 5.82 Å². The highest BCUT2D eigenvalue weighted by Crippen LogP contribution is 2.19. The summed E-state index contributed by atoms with van der Waals surface area (Å²) in [4.78, 5) is 11.5. The van der Waals surface area contributed by atoms with Crippen LogP contribution in [-0.2, 0) is 0 Å². The predicted octanol–water partition coefficient (Wildman–Crippen LogP) is 2.63. The summed E-state index contributed by atoms with van der Waals surface area (Å²) >= 11 is 1.37. The van der Waals surface area contributed by atoms with Crippen LogP contribution < -0.4 is 0 Å². The predicted molar refractivity (Wildman–Crippen MR) is 59.9 cm³/mol. The summed E-state index contributed by atoms with van der Waals surface area (Å²) in [5.74, 6) is -0.116. The Morgan fingerprint density at radius 1 is 1.60 bits per heavy atom. The van der Waals surface area contributed by atoms with Gasteiger partial charge in [-0.3, -0.25) is 4.79 Å². The first-order chi connectivity index (χ1) is 7.15.